The summed E-state index contributed by atoms with van der Waals surface area (Å²) in [5, 5.41) is 11.2. The van der Waals surface area contributed by atoms with E-state index in [1.807, 2.05) is 4.90 Å². The van der Waals surface area contributed by atoms with E-state index in [1.165, 1.54) is 19.3 Å². The number of hydrogen-bond acceptors (Lipinski definition) is 4. The lowest BCUT2D eigenvalue weighted by Crippen LogP contribution is -2.44. The molecule has 1 aromatic heterocycles. The van der Waals surface area contributed by atoms with Crippen LogP contribution in [-0.2, 0) is 0 Å². The summed E-state index contributed by atoms with van der Waals surface area (Å²) in [5.74, 6) is 1.47. The second-order valence-electron chi connectivity index (χ2n) is 5.85. The lowest BCUT2D eigenvalue weighted by atomic mass is 9.80. The highest BCUT2D eigenvalue weighted by Crippen LogP contribution is 2.30. The van der Waals surface area contributed by atoms with Gasteiger partial charge in [0, 0.05) is 19.3 Å². The van der Waals surface area contributed by atoms with Crippen LogP contribution < -0.4 is 5.32 Å². The first-order valence-electron chi connectivity index (χ1n) is 7.62. The zero-order chi connectivity index (χ0) is 13.8. The Morgan fingerprint density at radius 3 is 2.85 bits per heavy atom. The second-order valence-corrected chi connectivity index (χ2v) is 5.85. The van der Waals surface area contributed by atoms with Crippen molar-refractivity contribution in [3.05, 3.63) is 24.0 Å². The van der Waals surface area contributed by atoms with Crippen molar-refractivity contribution in [1.82, 2.24) is 20.4 Å². The van der Waals surface area contributed by atoms with Crippen LogP contribution in [0.5, 0.6) is 0 Å². The average Bonchev–Trinajstić information content (AvgIpc) is 2.56. The summed E-state index contributed by atoms with van der Waals surface area (Å²) in [7, 11) is 0. The van der Waals surface area contributed by atoms with Crippen molar-refractivity contribution >= 4 is 5.91 Å². The lowest BCUT2D eigenvalue weighted by molar-refractivity contribution is 0.0599. The molecule has 20 heavy (non-hydrogen) atoms. The first kappa shape index (κ1) is 13.5. The average molecular weight is 274 g/mol. The molecule has 3 rings (SSSR count). The molecule has 1 aromatic rings. The van der Waals surface area contributed by atoms with Gasteiger partial charge in [0.2, 0.25) is 0 Å². The Bertz CT molecular complexity index is 444. The van der Waals surface area contributed by atoms with Crippen LogP contribution in [0.2, 0.25) is 0 Å². The van der Waals surface area contributed by atoms with Crippen LogP contribution in [0.4, 0.5) is 0 Å². The number of nitrogens with zero attached hydrogens (tertiary/aromatic N) is 3. The first-order chi connectivity index (χ1) is 9.84. The number of carbonyl (C=O) groups excluding carboxylic acids is 1. The topological polar surface area (TPSA) is 58.1 Å². The van der Waals surface area contributed by atoms with Crippen molar-refractivity contribution in [2.75, 3.05) is 26.2 Å². The Morgan fingerprint density at radius 2 is 2.10 bits per heavy atom. The Labute approximate surface area is 119 Å². The van der Waals surface area contributed by atoms with E-state index in [9.17, 15) is 4.79 Å². The molecule has 2 fully saturated rings. The Morgan fingerprint density at radius 1 is 1.25 bits per heavy atom. The molecule has 0 aliphatic carbocycles. The molecule has 1 N–H and O–H groups in total. The summed E-state index contributed by atoms with van der Waals surface area (Å²) >= 11 is 0. The summed E-state index contributed by atoms with van der Waals surface area (Å²) < 4.78 is 0. The molecular formula is C15H22N4O. The Kier molecular flexibility index (Phi) is 4.25. The number of hydrogen-bond donors (Lipinski definition) is 1. The van der Waals surface area contributed by atoms with Gasteiger partial charge in [0.05, 0.1) is 0 Å². The largest absolute Gasteiger partial charge is 0.337 e. The van der Waals surface area contributed by atoms with E-state index < -0.39 is 0 Å². The number of rotatable bonds is 2. The molecule has 2 aliphatic rings. The van der Waals surface area contributed by atoms with E-state index in [1.54, 1.807) is 18.3 Å². The highest BCUT2D eigenvalue weighted by atomic mass is 16.2. The van der Waals surface area contributed by atoms with Crippen molar-refractivity contribution < 1.29 is 4.79 Å². The normalized spacial score (nSPS) is 24.6. The third kappa shape index (κ3) is 2.98. The van der Waals surface area contributed by atoms with Gasteiger partial charge >= 0.3 is 0 Å². The molecule has 0 spiro atoms. The minimum absolute atomic E-state index is 0.0386. The molecule has 3 heterocycles. The highest BCUT2D eigenvalue weighted by Gasteiger charge is 2.30. The predicted octanol–water partition coefficient (Wildman–Crippen LogP) is 1.33. The lowest BCUT2D eigenvalue weighted by Gasteiger charge is -2.38. The van der Waals surface area contributed by atoms with Crippen molar-refractivity contribution in [2.24, 2.45) is 11.8 Å². The smallest absolute Gasteiger partial charge is 0.274 e. The summed E-state index contributed by atoms with van der Waals surface area (Å²) in [6.45, 7) is 4.00. The zero-order valence-electron chi connectivity index (χ0n) is 11.8. The summed E-state index contributed by atoms with van der Waals surface area (Å²) in [6, 6.07) is 3.53. The van der Waals surface area contributed by atoms with Crippen LogP contribution in [0.25, 0.3) is 0 Å². The number of amides is 1. The summed E-state index contributed by atoms with van der Waals surface area (Å²) in [6.07, 6.45) is 6.47. The van der Waals surface area contributed by atoms with Gasteiger partial charge in [0.15, 0.2) is 5.69 Å². The minimum Gasteiger partial charge on any atom is -0.337 e. The molecule has 108 valence electrons. The molecule has 2 aliphatic heterocycles. The molecule has 0 radical (unpaired) electrons. The van der Waals surface area contributed by atoms with E-state index in [0.717, 1.165) is 38.5 Å². The summed E-state index contributed by atoms with van der Waals surface area (Å²) in [5.41, 5.74) is 0.471. The molecule has 0 saturated carbocycles. The fourth-order valence-corrected chi connectivity index (χ4v) is 3.47. The van der Waals surface area contributed by atoms with E-state index in [2.05, 4.69) is 15.5 Å². The van der Waals surface area contributed by atoms with Crippen molar-refractivity contribution in [3.63, 3.8) is 0 Å². The number of aromatic nitrogens is 2. The SMILES string of the molecule is O=C(c1cccnn1)N1CCCC(C2CCNCC2)C1. The molecule has 1 amide bonds. The maximum Gasteiger partial charge on any atom is 0.274 e. The van der Waals surface area contributed by atoms with Crippen LogP contribution in [0.15, 0.2) is 18.3 Å². The maximum atomic E-state index is 12.4. The van der Waals surface area contributed by atoms with Crippen LogP contribution in [0.1, 0.15) is 36.2 Å². The molecule has 5 nitrogen and oxygen atoms in total. The van der Waals surface area contributed by atoms with Gasteiger partial charge in [0.1, 0.15) is 0 Å². The minimum atomic E-state index is 0.0386. The van der Waals surface area contributed by atoms with Gasteiger partial charge in [-0.05, 0) is 62.7 Å². The molecule has 5 heteroatoms. The third-order valence-corrected chi connectivity index (χ3v) is 4.59. The van der Waals surface area contributed by atoms with Crippen LogP contribution in [0.3, 0.4) is 0 Å². The van der Waals surface area contributed by atoms with Crippen molar-refractivity contribution in [3.8, 4) is 0 Å². The van der Waals surface area contributed by atoms with E-state index >= 15 is 0 Å². The standard InChI is InChI=1S/C15H22N4O/c20-15(14-4-1-7-17-18-14)19-10-2-3-13(11-19)12-5-8-16-9-6-12/h1,4,7,12-13,16H,2-3,5-6,8-11H2. The van der Waals surface area contributed by atoms with E-state index in [4.69, 9.17) is 0 Å². The highest BCUT2D eigenvalue weighted by molar-refractivity contribution is 5.92. The maximum absolute atomic E-state index is 12.4. The zero-order valence-corrected chi connectivity index (χ0v) is 11.8. The Hall–Kier alpha value is -1.49. The fourth-order valence-electron chi connectivity index (χ4n) is 3.47. The molecule has 1 unspecified atom stereocenters. The molecule has 2 saturated heterocycles. The van der Waals surface area contributed by atoms with Gasteiger partial charge in [-0.1, -0.05) is 0 Å². The monoisotopic (exact) mass is 274 g/mol. The van der Waals surface area contributed by atoms with E-state index in [0.29, 0.717) is 11.6 Å². The Balaban J connectivity index is 1.64. The van der Waals surface area contributed by atoms with Gasteiger partial charge in [-0.15, -0.1) is 5.10 Å². The molecule has 0 aromatic carbocycles. The number of likely N-dealkylation sites (tertiary alicyclic amines) is 1. The van der Waals surface area contributed by atoms with Gasteiger partial charge in [-0.3, -0.25) is 4.79 Å². The van der Waals surface area contributed by atoms with Crippen molar-refractivity contribution in [2.45, 2.75) is 25.7 Å². The molecule has 1 atom stereocenters. The predicted molar refractivity (Wildman–Crippen MR) is 76.3 cm³/mol. The number of nitrogens with one attached hydrogen (secondary N) is 1. The van der Waals surface area contributed by atoms with Crippen molar-refractivity contribution in [1.29, 1.82) is 0 Å². The van der Waals surface area contributed by atoms with E-state index in [-0.39, 0.29) is 5.91 Å². The third-order valence-electron chi connectivity index (χ3n) is 4.59. The fraction of sp³-hybridized carbons (Fsp3) is 0.667. The summed E-state index contributed by atoms with van der Waals surface area (Å²) in [4.78, 5) is 14.4. The number of piperidine rings is 2. The quantitative estimate of drug-likeness (QED) is 0.884. The molecule has 0 bridgehead atoms. The van der Waals surface area contributed by atoms with Gasteiger partial charge in [-0.2, -0.15) is 5.10 Å². The van der Waals surface area contributed by atoms with Crippen LogP contribution in [-0.4, -0.2) is 47.2 Å². The van der Waals surface area contributed by atoms with Crippen LogP contribution >= 0.6 is 0 Å². The second kappa shape index (κ2) is 6.31. The van der Waals surface area contributed by atoms with Gasteiger partial charge < -0.3 is 10.2 Å². The van der Waals surface area contributed by atoms with Gasteiger partial charge in [-0.25, -0.2) is 0 Å². The van der Waals surface area contributed by atoms with Gasteiger partial charge in [0.25, 0.3) is 5.91 Å². The number of carbonyl (C=O) groups is 1. The van der Waals surface area contributed by atoms with Crippen LogP contribution in [0, 0.1) is 11.8 Å². The first-order valence-corrected chi connectivity index (χ1v) is 7.62. The molecular weight excluding hydrogens is 252 g/mol.